The molecule has 0 aliphatic carbocycles. The van der Waals surface area contributed by atoms with Crippen molar-refractivity contribution < 1.29 is 26.9 Å². The Morgan fingerprint density at radius 1 is 1.10 bits per heavy atom. The molecule has 2 aromatic rings. The molecular weight excluding hydrogens is 496 g/mol. The van der Waals surface area contributed by atoms with Gasteiger partial charge in [0.1, 0.15) is 10.5 Å². The van der Waals surface area contributed by atoms with Gasteiger partial charge >= 0.3 is 10.1 Å². The Morgan fingerprint density at radius 2 is 1.73 bits per heavy atom. The first-order chi connectivity index (χ1) is 14.2. The van der Waals surface area contributed by atoms with Crippen molar-refractivity contribution in [2.75, 3.05) is 6.61 Å². The number of hydrogen-bond donors (Lipinski definition) is 2. The minimum Gasteiger partial charge on any atom is -0.490 e. The maximum absolute atomic E-state index is 12.6. The standard InChI is InChI=1S/C19H15BrN2O6S2/c1-2-27-15-10-11(8-13-17(23)21-19(29)22-18(13)24)9-14(20)16(15)28-30(25,26)12-6-4-3-5-7-12/h3-10H,2H2,1H3,(H2,21,22,23,24,29). The van der Waals surface area contributed by atoms with E-state index in [2.05, 4.69) is 26.6 Å². The summed E-state index contributed by atoms with van der Waals surface area (Å²) >= 11 is 8.05. The first kappa shape index (κ1) is 21.9. The fraction of sp³-hybridized carbons (Fsp3) is 0.105. The summed E-state index contributed by atoms with van der Waals surface area (Å²) in [5, 5.41) is 4.60. The molecular formula is C19H15BrN2O6S2. The van der Waals surface area contributed by atoms with Gasteiger partial charge < -0.3 is 8.92 Å². The quantitative estimate of drug-likeness (QED) is 0.266. The molecule has 2 amide bonds. The summed E-state index contributed by atoms with van der Waals surface area (Å²) in [5.41, 5.74) is 0.242. The number of ether oxygens (including phenoxy) is 1. The highest BCUT2D eigenvalue weighted by atomic mass is 79.9. The van der Waals surface area contributed by atoms with Crippen LogP contribution in [0.1, 0.15) is 12.5 Å². The zero-order valence-electron chi connectivity index (χ0n) is 15.5. The van der Waals surface area contributed by atoms with Crippen LogP contribution in [0.3, 0.4) is 0 Å². The average Bonchev–Trinajstić information content (AvgIpc) is 2.68. The summed E-state index contributed by atoms with van der Waals surface area (Å²) in [6.45, 7) is 1.95. The van der Waals surface area contributed by atoms with Crippen LogP contribution in [0.4, 0.5) is 0 Å². The van der Waals surface area contributed by atoms with E-state index >= 15 is 0 Å². The molecule has 0 saturated carbocycles. The second-order valence-corrected chi connectivity index (χ2v) is 8.72. The summed E-state index contributed by atoms with van der Waals surface area (Å²) in [4.78, 5) is 24.1. The number of rotatable bonds is 6. The predicted octanol–water partition coefficient (Wildman–Crippen LogP) is 2.53. The molecule has 2 N–H and O–H groups in total. The van der Waals surface area contributed by atoms with Crippen molar-refractivity contribution in [1.82, 2.24) is 10.6 Å². The van der Waals surface area contributed by atoms with Crippen LogP contribution in [0.2, 0.25) is 0 Å². The molecule has 1 heterocycles. The zero-order chi connectivity index (χ0) is 21.9. The molecule has 0 aromatic heterocycles. The van der Waals surface area contributed by atoms with Gasteiger partial charge in [0.2, 0.25) is 0 Å². The highest BCUT2D eigenvalue weighted by Crippen LogP contribution is 2.39. The van der Waals surface area contributed by atoms with E-state index in [0.29, 0.717) is 5.56 Å². The van der Waals surface area contributed by atoms with Crippen molar-refractivity contribution >= 4 is 61.3 Å². The van der Waals surface area contributed by atoms with Crippen molar-refractivity contribution in [3.63, 3.8) is 0 Å². The van der Waals surface area contributed by atoms with Crippen LogP contribution >= 0.6 is 28.1 Å². The molecule has 2 aromatic carbocycles. The van der Waals surface area contributed by atoms with Crippen molar-refractivity contribution in [3.05, 3.63) is 58.1 Å². The normalized spacial score (nSPS) is 14.1. The molecule has 0 spiro atoms. The van der Waals surface area contributed by atoms with Crippen molar-refractivity contribution in [1.29, 1.82) is 0 Å². The molecule has 1 saturated heterocycles. The van der Waals surface area contributed by atoms with Gasteiger partial charge in [0.15, 0.2) is 16.6 Å². The van der Waals surface area contributed by atoms with Crippen LogP contribution in [-0.2, 0) is 19.7 Å². The number of thiocarbonyl (C=S) groups is 1. The highest BCUT2D eigenvalue weighted by molar-refractivity contribution is 9.10. The molecule has 8 nitrogen and oxygen atoms in total. The summed E-state index contributed by atoms with van der Waals surface area (Å²) < 4.78 is 36.3. The van der Waals surface area contributed by atoms with Gasteiger partial charge in [-0.25, -0.2) is 0 Å². The molecule has 11 heteroatoms. The maximum atomic E-state index is 12.6. The van der Waals surface area contributed by atoms with Gasteiger partial charge in [-0.15, -0.1) is 0 Å². The summed E-state index contributed by atoms with van der Waals surface area (Å²) in [5.74, 6) is -1.23. The van der Waals surface area contributed by atoms with Crippen molar-refractivity contribution in [2.45, 2.75) is 11.8 Å². The number of halogens is 1. The van der Waals surface area contributed by atoms with E-state index in [4.69, 9.17) is 21.1 Å². The molecule has 0 bridgehead atoms. The molecule has 0 radical (unpaired) electrons. The van der Waals surface area contributed by atoms with Gasteiger partial charge in [-0.2, -0.15) is 8.42 Å². The fourth-order valence-electron chi connectivity index (χ4n) is 2.53. The molecule has 3 rings (SSSR count). The van der Waals surface area contributed by atoms with Gasteiger partial charge in [-0.1, -0.05) is 18.2 Å². The first-order valence-electron chi connectivity index (χ1n) is 8.55. The molecule has 0 unspecified atom stereocenters. The number of nitrogens with one attached hydrogen (secondary N) is 2. The minimum absolute atomic E-state index is 0.0166. The van der Waals surface area contributed by atoms with Crippen LogP contribution in [0.25, 0.3) is 6.08 Å². The van der Waals surface area contributed by atoms with Gasteiger partial charge in [-0.05, 0) is 71.0 Å². The van der Waals surface area contributed by atoms with E-state index in [1.807, 2.05) is 0 Å². The summed E-state index contributed by atoms with van der Waals surface area (Å²) in [6, 6.07) is 10.6. The number of amides is 2. The van der Waals surface area contributed by atoms with Gasteiger partial charge in [0, 0.05) is 0 Å². The van der Waals surface area contributed by atoms with Crippen molar-refractivity contribution in [3.8, 4) is 11.5 Å². The van der Waals surface area contributed by atoms with E-state index < -0.39 is 21.9 Å². The highest BCUT2D eigenvalue weighted by Gasteiger charge is 2.27. The van der Waals surface area contributed by atoms with E-state index in [9.17, 15) is 18.0 Å². The Hall–Kier alpha value is -2.76. The second-order valence-electron chi connectivity index (χ2n) is 5.91. The first-order valence-corrected chi connectivity index (χ1v) is 11.2. The number of hydrogen-bond acceptors (Lipinski definition) is 7. The number of benzene rings is 2. The Labute approximate surface area is 186 Å². The average molecular weight is 511 g/mol. The minimum atomic E-state index is -4.11. The topological polar surface area (TPSA) is 111 Å². The lowest BCUT2D eigenvalue weighted by Gasteiger charge is -2.17. The molecule has 1 aliphatic rings. The van der Waals surface area contributed by atoms with Gasteiger partial charge in [0.25, 0.3) is 11.8 Å². The van der Waals surface area contributed by atoms with Crippen molar-refractivity contribution in [2.24, 2.45) is 0 Å². The smallest absolute Gasteiger partial charge is 0.339 e. The Kier molecular flexibility index (Phi) is 6.54. The Balaban J connectivity index is 2.01. The second kappa shape index (κ2) is 8.94. The lowest BCUT2D eigenvalue weighted by molar-refractivity contribution is -0.123. The third-order valence-electron chi connectivity index (χ3n) is 3.81. The lowest BCUT2D eigenvalue weighted by Crippen LogP contribution is -2.51. The SMILES string of the molecule is CCOc1cc(C=C2C(=O)NC(=S)NC2=O)cc(Br)c1OS(=O)(=O)c1ccccc1. The van der Waals surface area contributed by atoms with E-state index in [-0.39, 0.29) is 38.2 Å². The number of carbonyl (C=O) groups is 2. The van der Waals surface area contributed by atoms with E-state index in [0.717, 1.165) is 0 Å². The predicted molar refractivity (Wildman–Crippen MR) is 116 cm³/mol. The molecule has 1 fully saturated rings. The maximum Gasteiger partial charge on any atom is 0.339 e. The van der Waals surface area contributed by atoms with Crippen LogP contribution < -0.4 is 19.6 Å². The monoisotopic (exact) mass is 510 g/mol. The van der Waals surface area contributed by atoms with Crippen LogP contribution in [0, 0.1) is 0 Å². The third kappa shape index (κ3) is 4.86. The van der Waals surface area contributed by atoms with Gasteiger partial charge in [0.05, 0.1) is 11.1 Å². The van der Waals surface area contributed by atoms with Gasteiger partial charge in [-0.3, -0.25) is 20.2 Å². The summed E-state index contributed by atoms with van der Waals surface area (Å²) in [6.07, 6.45) is 1.33. The largest absolute Gasteiger partial charge is 0.490 e. The van der Waals surface area contributed by atoms with E-state index in [1.54, 1.807) is 25.1 Å². The van der Waals surface area contributed by atoms with E-state index in [1.165, 1.54) is 30.3 Å². The molecule has 1 aliphatic heterocycles. The van der Waals surface area contributed by atoms with Crippen LogP contribution in [-0.4, -0.2) is 32.0 Å². The van der Waals surface area contributed by atoms with Crippen LogP contribution in [0.15, 0.2) is 57.4 Å². The number of carbonyl (C=O) groups excluding carboxylic acids is 2. The Morgan fingerprint density at radius 3 is 2.33 bits per heavy atom. The zero-order valence-corrected chi connectivity index (χ0v) is 18.7. The summed E-state index contributed by atoms with van der Waals surface area (Å²) in [7, 11) is -4.11. The molecule has 156 valence electrons. The van der Waals surface area contributed by atoms with Crippen LogP contribution in [0.5, 0.6) is 11.5 Å². The Bertz CT molecular complexity index is 1140. The third-order valence-corrected chi connectivity index (χ3v) is 5.84. The fourth-order valence-corrected chi connectivity index (χ4v) is 4.34. The molecule has 0 atom stereocenters. The molecule has 30 heavy (non-hydrogen) atoms. The lowest BCUT2D eigenvalue weighted by atomic mass is 10.1.